The molecule has 0 atom stereocenters. The van der Waals surface area contributed by atoms with E-state index in [2.05, 4.69) is 30.7 Å². The molecule has 0 unspecified atom stereocenters. The van der Waals surface area contributed by atoms with Gasteiger partial charge in [0.25, 0.3) is 0 Å². The largest absolute Gasteiger partial charge is 0.239 e. The van der Waals surface area contributed by atoms with Crippen molar-refractivity contribution in [3.05, 3.63) is 23.4 Å². The van der Waals surface area contributed by atoms with Crippen molar-refractivity contribution >= 4 is 21.6 Å². The predicted molar refractivity (Wildman–Crippen MR) is 56.1 cm³/mol. The molecule has 2 aromatic heterocycles. The molecule has 0 bridgehead atoms. The van der Waals surface area contributed by atoms with Gasteiger partial charge in [-0.2, -0.15) is 0 Å². The highest BCUT2D eigenvalue weighted by Gasteiger charge is 2.19. The molecule has 0 amide bonds. The van der Waals surface area contributed by atoms with Gasteiger partial charge >= 0.3 is 0 Å². The first-order valence-electron chi connectivity index (χ1n) is 4.70. The zero-order valence-corrected chi connectivity index (χ0v) is 8.77. The molecule has 0 fully saturated rings. The summed E-state index contributed by atoms with van der Waals surface area (Å²) in [6.07, 6.45) is 1.58. The Hall–Kier alpha value is -0.960. The standard InChI is InChI=1S/C10H12N2S/c1-10(2,3)9-8-7(4-5-13-8)11-6-12-9/h4-6H,1-3H3/i5D. The molecule has 3 heteroatoms. The third-order valence-electron chi connectivity index (χ3n) is 1.90. The van der Waals surface area contributed by atoms with Gasteiger partial charge in [-0.1, -0.05) is 20.8 Å². The van der Waals surface area contributed by atoms with Gasteiger partial charge in [-0.05, 0) is 11.4 Å². The molecule has 0 aliphatic rings. The number of hydrogen-bond donors (Lipinski definition) is 0. The van der Waals surface area contributed by atoms with E-state index in [1.807, 2.05) is 0 Å². The summed E-state index contributed by atoms with van der Waals surface area (Å²) in [6.45, 7) is 6.37. The third kappa shape index (κ3) is 1.44. The van der Waals surface area contributed by atoms with Gasteiger partial charge in [0, 0.05) is 5.41 Å². The Morgan fingerprint density at radius 3 is 2.85 bits per heavy atom. The topological polar surface area (TPSA) is 25.8 Å². The Morgan fingerprint density at radius 1 is 1.38 bits per heavy atom. The van der Waals surface area contributed by atoms with Crippen LogP contribution < -0.4 is 0 Å². The summed E-state index contributed by atoms with van der Waals surface area (Å²) >= 11 is 1.45. The van der Waals surface area contributed by atoms with Crippen LogP contribution in [0.5, 0.6) is 0 Å². The Bertz CT molecular complexity index is 470. The molecule has 2 nitrogen and oxygen atoms in total. The zero-order valence-electron chi connectivity index (χ0n) is 8.96. The first-order chi connectivity index (χ1) is 6.48. The maximum atomic E-state index is 7.58. The SMILES string of the molecule is [2H]c1cc2ncnc(C(C)(C)C)c2s1. The molecule has 0 aliphatic heterocycles. The number of nitrogens with zero attached hydrogens (tertiary/aromatic N) is 2. The number of aromatic nitrogens is 2. The van der Waals surface area contributed by atoms with E-state index in [9.17, 15) is 0 Å². The van der Waals surface area contributed by atoms with Crippen molar-refractivity contribution in [1.29, 1.82) is 0 Å². The molecule has 0 radical (unpaired) electrons. The van der Waals surface area contributed by atoms with E-state index in [-0.39, 0.29) is 5.41 Å². The minimum atomic E-state index is 0.0124. The second-order valence-corrected chi connectivity index (χ2v) is 4.90. The molecule has 0 spiro atoms. The van der Waals surface area contributed by atoms with Crippen molar-refractivity contribution in [3.63, 3.8) is 0 Å². The first kappa shape index (κ1) is 7.44. The summed E-state index contributed by atoms with van der Waals surface area (Å²) in [5.74, 6) is 0. The van der Waals surface area contributed by atoms with E-state index in [0.717, 1.165) is 15.9 Å². The van der Waals surface area contributed by atoms with Crippen molar-refractivity contribution in [3.8, 4) is 0 Å². The van der Waals surface area contributed by atoms with Gasteiger partial charge < -0.3 is 0 Å². The highest BCUT2D eigenvalue weighted by Crippen LogP contribution is 2.29. The molecule has 0 saturated heterocycles. The number of thiophene rings is 1. The minimum absolute atomic E-state index is 0.0124. The van der Waals surface area contributed by atoms with Crippen LogP contribution in [0.4, 0.5) is 0 Å². The van der Waals surface area contributed by atoms with Gasteiger partial charge in [0.05, 0.1) is 17.3 Å². The molecule has 0 N–H and O–H groups in total. The van der Waals surface area contributed by atoms with Crippen molar-refractivity contribution in [2.75, 3.05) is 0 Å². The van der Waals surface area contributed by atoms with Crippen LogP contribution in [0.3, 0.4) is 0 Å². The summed E-state index contributed by atoms with van der Waals surface area (Å²) in [6, 6.07) is 1.79. The second kappa shape index (κ2) is 2.77. The highest BCUT2D eigenvalue weighted by molar-refractivity contribution is 7.17. The van der Waals surface area contributed by atoms with Crippen LogP contribution in [-0.4, -0.2) is 9.97 Å². The lowest BCUT2D eigenvalue weighted by Gasteiger charge is -2.17. The van der Waals surface area contributed by atoms with Crippen molar-refractivity contribution in [1.82, 2.24) is 9.97 Å². The van der Waals surface area contributed by atoms with E-state index in [1.54, 1.807) is 12.4 Å². The maximum absolute atomic E-state index is 7.58. The van der Waals surface area contributed by atoms with Gasteiger partial charge in [-0.15, -0.1) is 11.3 Å². The van der Waals surface area contributed by atoms with Crippen LogP contribution >= 0.6 is 11.3 Å². The third-order valence-corrected chi connectivity index (χ3v) is 2.74. The van der Waals surface area contributed by atoms with Gasteiger partial charge in [-0.3, -0.25) is 0 Å². The summed E-state index contributed by atoms with van der Waals surface area (Å²) < 4.78 is 8.62. The molecule has 2 heterocycles. The summed E-state index contributed by atoms with van der Waals surface area (Å²) in [5, 5.41) is 0.547. The molecular weight excluding hydrogens is 180 g/mol. The quantitative estimate of drug-likeness (QED) is 0.642. The van der Waals surface area contributed by atoms with E-state index in [1.165, 1.54) is 11.3 Å². The maximum Gasteiger partial charge on any atom is 0.116 e. The summed E-state index contributed by atoms with van der Waals surface area (Å²) in [7, 11) is 0. The Kier molecular flexibility index (Phi) is 1.59. The van der Waals surface area contributed by atoms with Crippen molar-refractivity contribution < 1.29 is 1.37 Å². The van der Waals surface area contributed by atoms with Crippen LogP contribution in [0.25, 0.3) is 10.2 Å². The second-order valence-electron chi connectivity index (χ2n) is 4.05. The zero-order chi connectivity index (χ0) is 10.3. The lowest BCUT2D eigenvalue weighted by atomic mass is 9.92. The number of hydrogen-bond acceptors (Lipinski definition) is 3. The minimum Gasteiger partial charge on any atom is -0.239 e. The molecule has 13 heavy (non-hydrogen) atoms. The lowest BCUT2D eigenvalue weighted by molar-refractivity contribution is 0.575. The van der Waals surface area contributed by atoms with Gasteiger partial charge in [-0.25, -0.2) is 9.97 Å². The van der Waals surface area contributed by atoms with Crippen molar-refractivity contribution in [2.45, 2.75) is 26.2 Å². The number of fused-ring (bicyclic) bond motifs is 1. The molecular formula is C10H12N2S. The molecule has 0 aromatic carbocycles. The Balaban J connectivity index is 2.77. The molecule has 2 rings (SSSR count). The smallest absolute Gasteiger partial charge is 0.116 e. The van der Waals surface area contributed by atoms with Crippen molar-refractivity contribution in [2.24, 2.45) is 0 Å². The Labute approximate surface area is 83.1 Å². The monoisotopic (exact) mass is 193 g/mol. The fourth-order valence-corrected chi connectivity index (χ4v) is 2.23. The summed E-state index contributed by atoms with van der Waals surface area (Å²) in [5.41, 5.74) is 1.93. The highest BCUT2D eigenvalue weighted by atomic mass is 32.1. The van der Waals surface area contributed by atoms with E-state index in [4.69, 9.17) is 1.37 Å². The average molecular weight is 193 g/mol. The Morgan fingerprint density at radius 2 is 2.15 bits per heavy atom. The van der Waals surface area contributed by atoms with Crippen LogP contribution in [0.15, 0.2) is 17.7 Å². The predicted octanol–water partition coefficient (Wildman–Crippen LogP) is 2.99. The molecule has 0 aliphatic carbocycles. The van der Waals surface area contributed by atoms with Crippen LogP contribution in [0, 0.1) is 0 Å². The van der Waals surface area contributed by atoms with Gasteiger partial charge in [0.2, 0.25) is 0 Å². The molecule has 2 aromatic rings. The van der Waals surface area contributed by atoms with Gasteiger partial charge in [0.1, 0.15) is 6.33 Å². The molecule has 0 saturated carbocycles. The molecule has 68 valence electrons. The number of rotatable bonds is 0. The fraction of sp³-hybridized carbons (Fsp3) is 0.400. The van der Waals surface area contributed by atoms with Crippen LogP contribution in [-0.2, 0) is 5.41 Å². The van der Waals surface area contributed by atoms with E-state index in [0.29, 0.717) is 5.36 Å². The van der Waals surface area contributed by atoms with Crippen LogP contribution in [0.1, 0.15) is 27.8 Å². The van der Waals surface area contributed by atoms with E-state index < -0.39 is 0 Å². The normalized spacial score (nSPS) is 13.3. The fourth-order valence-electron chi connectivity index (χ4n) is 1.27. The average Bonchev–Trinajstić information content (AvgIpc) is 2.41. The van der Waals surface area contributed by atoms with E-state index >= 15 is 0 Å². The summed E-state index contributed by atoms with van der Waals surface area (Å²) in [4.78, 5) is 8.46. The van der Waals surface area contributed by atoms with Crippen LogP contribution in [0.2, 0.25) is 0 Å². The first-order valence-corrected chi connectivity index (χ1v) is 5.02. The lowest BCUT2D eigenvalue weighted by Crippen LogP contribution is -2.13. The van der Waals surface area contributed by atoms with Gasteiger partial charge in [0.15, 0.2) is 0 Å².